The molecule has 0 atom stereocenters. The number of nitrogens with zero attached hydrogens (tertiary/aromatic N) is 3. The fraction of sp³-hybridized carbons (Fsp3) is 0.444. The topological polar surface area (TPSA) is 70.7 Å². The molecule has 0 unspecified atom stereocenters. The Morgan fingerprint density at radius 3 is 3.27 bits per heavy atom. The average molecular weight is 222 g/mol. The number of nitrogens with one attached hydrogen (secondary N) is 1. The van der Waals surface area contributed by atoms with E-state index in [-0.39, 0.29) is 5.91 Å². The van der Waals surface area contributed by atoms with E-state index in [1.807, 2.05) is 4.57 Å². The summed E-state index contributed by atoms with van der Waals surface area (Å²) in [4.78, 5) is 15.4. The van der Waals surface area contributed by atoms with Crippen molar-refractivity contribution in [3.63, 3.8) is 0 Å². The number of anilines is 1. The summed E-state index contributed by atoms with van der Waals surface area (Å²) in [6, 6.07) is 2.08. The van der Waals surface area contributed by atoms with Crippen molar-refractivity contribution in [2.75, 3.05) is 11.1 Å². The molecule has 0 fully saturated rings. The van der Waals surface area contributed by atoms with Crippen LogP contribution in [0.2, 0.25) is 0 Å². The van der Waals surface area contributed by atoms with Gasteiger partial charge in [0.05, 0.1) is 0 Å². The van der Waals surface area contributed by atoms with Crippen LogP contribution in [0.1, 0.15) is 19.0 Å². The van der Waals surface area contributed by atoms with Crippen molar-refractivity contribution >= 4 is 23.5 Å². The minimum Gasteiger partial charge on any atom is -0.308 e. The first-order chi connectivity index (χ1) is 7.26. The van der Waals surface area contributed by atoms with Crippen molar-refractivity contribution in [3.8, 4) is 6.07 Å². The van der Waals surface area contributed by atoms with E-state index in [1.165, 1.54) is 0 Å². The monoisotopic (exact) mass is 222 g/mol. The molecule has 1 amide bonds. The molecule has 0 saturated heterocycles. The second-order valence-electron chi connectivity index (χ2n) is 3.11. The highest BCUT2D eigenvalue weighted by molar-refractivity contribution is 7.99. The van der Waals surface area contributed by atoms with E-state index in [9.17, 15) is 4.79 Å². The van der Waals surface area contributed by atoms with Crippen LogP contribution in [0.3, 0.4) is 0 Å². The Labute approximate surface area is 91.5 Å². The molecule has 78 valence electrons. The second-order valence-corrected chi connectivity index (χ2v) is 4.17. The zero-order chi connectivity index (χ0) is 10.8. The Balaban J connectivity index is 2.33. The molecule has 5 nitrogen and oxygen atoms in total. The molecule has 1 aromatic heterocycles. The molecular weight excluding hydrogens is 212 g/mol. The molecule has 1 aromatic rings. The number of nitriles is 1. The summed E-state index contributed by atoms with van der Waals surface area (Å²) in [5, 5.41) is 12.4. The van der Waals surface area contributed by atoms with Crippen LogP contribution in [-0.2, 0) is 11.3 Å². The first-order valence-corrected chi connectivity index (χ1v) is 5.68. The van der Waals surface area contributed by atoms with Crippen molar-refractivity contribution < 1.29 is 4.79 Å². The maximum atomic E-state index is 11.2. The predicted molar refractivity (Wildman–Crippen MR) is 56.6 cm³/mol. The molecule has 1 aliphatic rings. The normalized spacial score (nSPS) is 13.3. The number of amides is 1. The number of imidazole rings is 1. The molecule has 0 bridgehead atoms. The molecule has 0 saturated carbocycles. The highest BCUT2D eigenvalue weighted by Gasteiger charge is 2.22. The van der Waals surface area contributed by atoms with Crippen molar-refractivity contribution in [1.29, 1.82) is 5.26 Å². The Bertz CT molecular complexity index is 446. The lowest BCUT2D eigenvalue weighted by atomic mass is 10.4. The minimum absolute atomic E-state index is 0.117. The Morgan fingerprint density at radius 2 is 2.60 bits per heavy atom. The zero-order valence-electron chi connectivity index (χ0n) is 8.28. The van der Waals surface area contributed by atoms with Crippen LogP contribution in [0.15, 0.2) is 5.16 Å². The van der Waals surface area contributed by atoms with Gasteiger partial charge in [0.2, 0.25) is 5.91 Å². The molecule has 0 aliphatic carbocycles. The van der Waals surface area contributed by atoms with Gasteiger partial charge in [0.15, 0.2) is 16.7 Å². The summed E-state index contributed by atoms with van der Waals surface area (Å²) in [7, 11) is 0. The summed E-state index contributed by atoms with van der Waals surface area (Å²) in [5.41, 5.74) is 0.455. The molecule has 0 spiro atoms. The van der Waals surface area contributed by atoms with Crippen LogP contribution < -0.4 is 5.32 Å². The van der Waals surface area contributed by atoms with Crippen molar-refractivity contribution in [3.05, 3.63) is 5.69 Å². The molecule has 15 heavy (non-hydrogen) atoms. The number of fused-ring (bicyclic) bond motifs is 1. The maximum absolute atomic E-state index is 11.2. The van der Waals surface area contributed by atoms with E-state index in [2.05, 4.69) is 16.4 Å². The molecule has 0 radical (unpaired) electrons. The van der Waals surface area contributed by atoms with Crippen LogP contribution in [-0.4, -0.2) is 21.2 Å². The van der Waals surface area contributed by atoms with Gasteiger partial charge in [-0.05, 0) is 0 Å². The Hall–Kier alpha value is -1.48. The van der Waals surface area contributed by atoms with Crippen molar-refractivity contribution in [1.82, 2.24) is 9.55 Å². The number of thioether (sulfide) groups is 1. The number of carbonyl (C=O) groups is 1. The Morgan fingerprint density at radius 1 is 1.80 bits per heavy atom. The third-order valence-electron chi connectivity index (χ3n) is 2.16. The summed E-state index contributed by atoms with van der Waals surface area (Å²) in [6.45, 7) is 2.55. The number of carbonyl (C=O) groups excluding carboxylic acids is 1. The van der Waals surface area contributed by atoms with Gasteiger partial charge in [-0.3, -0.25) is 4.79 Å². The maximum Gasteiger partial charge on any atom is 0.225 e. The number of rotatable bonds is 2. The molecule has 1 aliphatic heterocycles. The van der Waals surface area contributed by atoms with E-state index < -0.39 is 0 Å². The van der Waals surface area contributed by atoms with E-state index in [4.69, 9.17) is 5.26 Å². The van der Waals surface area contributed by atoms with Gasteiger partial charge in [0, 0.05) is 18.7 Å². The second kappa shape index (κ2) is 3.95. The van der Waals surface area contributed by atoms with E-state index in [0.717, 1.165) is 17.5 Å². The molecule has 6 heteroatoms. The van der Waals surface area contributed by atoms with Crippen LogP contribution in [0.5, 0.6) is 0 Å². The SMILES string of the molecule is CCC(=O)Nc1nc2n(c1C#N)CCS2. The van der Waals surface area contributed by atoms with Gasteiger partial charge < -0.3 is 9.88 Å². The summed E-state index contributed by atoms with van der Waals surface area (Å²) in [5.74, 6) is 1.22. The molecule has 1 N–H and O–H groups in total. The first kappa shape index (κ1) is 10.1. The summed E-state index contributed by atoms with van der Waals surface area (Å²) in [6.07, 6.45) is 0.389. The molecule has 2 rings (SSSR count). The smallest absolute Gasteiger partial charge is 0.225 e. The lowest BCUT2D eigenvalue weighted by molar-refractivity contribution is -0.115. The van der Waals surface area contributed by atoms with Gasteiger partial charge in [-0.25, -0.2) is 4.98 Å². The highest BCUT2D eigenvalue weighted by Crippen LogP contribution is 2.30. The van der Waals surface area contributed by atoms with Gasteiger partial charge in [-0.15, -0.1) is 0 Å². The first-order valence-electron chi connectivity index (χ1n) is 4.69. The highest BCUT2D eigenvalue weighted by atomic mass is 32.2. The third-order valence-corrected chi connectivity index (χ3v) is 3.12. The molecule has 2 heterocycles. The summed E-state index contributed by atoms with van der Waals surface area (Å²) < 4.78 is 1.84. The van der Waals surface area contributed by atoms with Crippen molar-refractivity contribution in [2.24, 2.45) is 0 Å². The number of hydrogen-bond donors (Lipinski definition) is 1. The number of hydrogen-bond acceptors (Lipinski definition) is 4. The Kier molecular flexibility index (Phi) is 2.64. The lowest BCUT2D eigenvalue weighted by Crippen LogP contribution is -2.11. The van der Waals surface area contributed by atoms with E-state index in [1.54, 1.807) is 18.7 Å². The largest absolute Gasteiger partial charge is 0.308 e. The quantitative estimate of drug-likeness (QED) is 0.816. The molecular formula is C9H10N4OS. The lowest BCUT2D eigenvalue weighted by Gasteiger charge is -2.00. The van der Waals surface area contributed by atoms with E-state index in [0.29, 0.717) is 17.9 Å². The van der Waals surface area contributed by atoms with Gasteiger partial charge in [-0.2, -0.15) is 5.26 Å². The van der Waals surface area contributed by atoms with Crippen LogP contribution in [0.4, 0.5) is 5.82 Å². The fourth-order valence-electron chi connectivity index (χ4n) is 1.40. The van der Waals surface area contributed by atoms with E-state index >= 15 is 0 Å². The standard InChI is InChI=1S/C9H10N4OS/c1-2-7(14)11-8-6(5-10)13-3-4-15-9(13)12-8/h2-4H2,1H3,(H,11,14). The predicted octanol–water partition coefficient (Wildman–Crippen LogP) is 1.21. The third kappa shape index (κ3) is 1.70. The van der Waals surface area contributed by atoms with Crippen molar-refractivity contribution in [2.45, 2.75) is 25.0 Å². The van der Waals surface area contributed by atoms with Gasteiger partial charge >= 0.3 is 0 Å². The van der Waals surface area contributed by atoms with Crippen LogP contribution in [0.25, 0.3) is 0 Å². The summed E-state index contributed by atoms with van der Waals surface area (Å²) >= 11 is 1.60. The minimum atomic E-state index is -0.117. The van der Waals surface area contributed by atoms with Gasteiger partial charge in [0.1, 0.15) is 6.07 Å². The van der Waals surface area contributed by atoms with Gasteiger partial charge in [-0.1, -0.05) is 18.7 Å². The average Bonchev–Trinajstić information content (AvgIpc) is 2.77. The van der Waals surface area contributed by atoms with Crippen LogP contribution in [0, 0.1) is 11.3 Å². The van der Waals surface area contributed by atoms with Crippen LogP contribution >= 0.6 is 11.8 Å². The number of aromatic nitrogens is 2. The molecule has 0 aromatic carbocycles. The zero-order valence-corrected chi connectivity index (χ0v) is 9.10. The van der Waals surface area contributed by atoms with Gasteiger partial charge in [0.25, 0.3) is 0 Å². The fourth-order valence-corrected chi connectivity index (χ4v) is 2.35.